The summed E-state index contributed by atoms with van der Waals surface area (Å²) >= 11 is 0. The monoisotopic (exact) mass is 283 g/mol. The summed E-state index contributed by atoms with van der Waals surface area (Å²) in [7, 11) is -1.98. The van der Waals surface area contributed by atoms with Gasteiger partial charge in [0, 0.05) is 17.4 Å². The minimum absolute atomic E-state index is 0.0707. The van der Waals surface area contributed by atoms with Gasteiger partial charge >= 0.3 is 0 Å². The second kappa shape index (κ2) is 5.69. The van der Waals surface area contributed by atoms with E-state index >= 15 is 0 Å². The van der Waals surface area contributed by atoms with Crippen molar-refractivity contribution in [1.82, 2.24) is 0 Å². The standard InChI is InChI=1S/C14H25NO3Si/c1-10-13(18-19(5,6)14(2,3)4)12(9-17)11(8-16)7-15-10/h7,9-10,13,16H,8H2,1-6H3. The molecule has 0 aromatic heterocycles. The average molecular weight is 283 g/mol. The Morgan fingerprint density at radius 1 is 1.47 bits per heavy atom. The number of carbonyl (C=O) groups excluding carboxylic acids is 1. The van der Waals surface area contributed by atoms with Crippen LogP contribution in [0.4, 0.5) is 0 Å². The highest BCUT2D eigenvalue weighted by atomic mass is 28.4. The van der Waals surface area contributed by atoms with Gasteiger partial charge in [0.2, 0.25) is 0 Å². The van der Waals surface area contributed by atoms with E-state index in [1.807, 2.05) is 6.92 Å². The molecular weight excluding hydrogens is 258 g/mol. The molecular formula is C14H25NO3Si. The van der Waals surface area contributed by atoms with Crippen molar-refractivity contribution in [3.05, 3.63) is 11.1 Å². The molecule has 0 aliphatic carbocycles. The maximum Gasteiger partial charge on any atom is 0.193 e. The lowest BCUT2D eigenvalue weighted by molar-refractivity contribution is -0.105. The molecule has 4 nitrogen and oxygen atoms in total. The summed E-state index contributed by atoms with van der Waals surface area (Å²) in [4.78, 5) is 15.6. The maximum atomic E-state index is 11.3. The van der Waals surface area contributed by atoms with E-state index in [-0.39, 0.29) is 23.8 Å². The SMILES string of the molecule is CC1N=CC(CO)=C(C=O)C1O[Si](C)(C)C(C)(C)C. The van der Waals surface area contributed by atoms with Crippen LogP contribution in [-0.4, -0.2) is 44.7 Å². The summed E-state index contributed by atoms with van der Waals surface area (Å²) in [5.41, 5.74) is 1.10. The first kappa shape index (κ1) is 16.3. The first-order valence-corrected chi connectivity index (χ1v) is 9.55. The topological polar surface area (TPSA) is 58.9 Å². The molecule has 0 aromatic rings. The van der Waals surface area contributed by atoms with Crippen molar-refractivity contribution in [2.75, 3.05) is 6.61 Å². The van der Waals surface area contributed by atoms with E-state index in [2.05, 4.69) is 38.9 Å². The molecule has 0 spiro atoms. The van der Waals surface area contributed by atoms with Gasteiger partial charge in [-0.25, -0.2) is 0 Å². The summed E-state index contributed by atoms with van der Waals surface area (Å²) in [6, 6.07) is -0.0929. The van der Waals surface area contributed by atoms with Crippen molar-refractivity contribution < 1.29 is 14.3 Å². The van der Waals surface area contributed by atoms with Gasteiger partial charge < -0.3 is 9.53 Å². The number of aliphatic hydroxyl groups is 1. The third kappa shape index (κ3) is 3.41. The van der Waals surface area contributed by atoms with Crippen LogP contribution in [0.5, 0.6) is 0 Å². The molecule has 0 aromatic carbocycles. The van der Waals surface area contributed by atoms with Gasteiger partial charge in [0.15, 0.2) is 8.32 Å². The first-order valence-electron chi connectivity index (χ1n) is 6.64. The van der Waals surface area contributed by atoms with Crippen molar-refractivity contribution in [3.63, 3.8) is 0 Å². The zero-order valence-corrected chi connectivity index (χ0v) is 13.7. The molecule has 108 valence electrons. The molecule has 0 fully saturated rings. The molecule has 0 bridgehead atoms. The lowest BCUT2D eigenvalue weighted by Gasteiger charge is -2.41. The summed E-state index contributed by atoms with van der Waals surface area (Å²) in [6.45, 7) is 12.5. The highest BCUT2D eigenvalue weighted by Gasteiger charge is 2.42. The lowest BCUT2D eigenvalue weighted by Crippen LogP contribution is -2.48. The molecule has 1 aliphatic rings. The number of dihydropyridines is 1. The fourth-order valence-corrected chi connectivity index (χ4v) is 3.05. The quantitative estimate of drug-likeness (QED) is 0.636. The van der Waals surface area contributed by atoms with Crippen LogP contribution in [0.15, 0.2) is 16.1 Å². The highest BCUT2D eigenvalue weighted by molar-refractivity contribution is 6.74. The van der Waals surface area contributed by atoms with Crippen molar-refractivity contribution in [2.24, 2.45) is 4.99 Å². The van der Waals surface area contributed by atoms with Crippen molar-refractivity contribution in [2.45, 2.75) is 58.0 Å². The van der Waals surface area contributed by atoms with E-state index in [9.17, 15) is 9.90 Å². The van der Waals surface area contributed by atoms with E-state index in [4.69, 9.17) is 4.43 Å². The van der Waals surface area contributed by atoms with Crippen molar-refractivity contribution in [1.29, 1.82) is 0 Å². The van der Waals surface area contributed by atoms with E-state index in [0.29, 0.717) is 11.1 Å². The molecule has 1 aliphatic heterocycles. The molecule has 1 N–H and O–H groups in total. The largest absolute Gasteiger partial charge is 0.408 e. The molecule has 5 heteroatoms. The van der Waals surface area contributed by atoms with Crippen LogP contribution in [0.2, 0.25) is 18.1 Å². The molecule has 0 saturated carbocycles. The third-order valence-corrected chi connectivity index (χ3v) is 8.56. The second-order valence-corrected chi connectivity index (χ2v) is 11.3. The Labute approximate surface area is 116 Å². The normalized spacial score (nSPS) is 24.8. The summed E-state index contributed by atoms with van der Waals surface area (Å²) in [5.74, 6) is 0. The lowest BCUT2D eigenvalue weighted by atomic mass is 9.97. The Morgan fingerprint density at radius 2 is 2.05 bits per heavy atom. The zero-order chi connectivity index (χ0) is 14.8. The van der Waals surface area contributed by atoms with Gasteiger partial charge in [0.05, 0.1) is 18.8 Å². The number of hydrogen-bond donors (Lipinski definition) is 1. The van der Waals surface area contributed by atoms with Crippen molar-refractivity contribution >= 4 is 20.8 Å². The molecule has 1 heterocycles. The second-order valence-electron chi connectivity index (χ2n) is 6.57. The Kier molecular flexibility index (Phi) is 4.87. The Hall–Kier alpha value is -0.783. The summed E-state index contributed by atoms with van der Waals surface area (Å²) < 4.78 is 6.32. The number of hydrogen-bond acceptors (Lipinski definition) is 4. The van der Waals surface area contributed by atoms with Gasteiger partial charge in [-0.2, -0.15) is 0 Å². The third-order valence-electron chi connectivity index (χ3n) is 4.11. The number of aldehydes is 1. The number of carbonyl (C=O) groups is 1. The summed E-state index contributed by atoms with van der Waals surface area (Å²) in [6.07, 6.45) is 2.04. The van der Waals surface area contributed by atoms with Crippen LogP contribution < -0.4 is 0 Å². The molecule has 0 radical (unpaired) electrons. The Morgan fingerprint density at radius 3 is 2.47 bits per heavy atom. The number of aliphatic hydroxyl groups excluding tert-OH is 1. The maximum absolute atomic E-state index is 11.3. The predicted molar refractivity (Wildman–Crippen MR) is 80.2 cm³/mol. The zero-order valence-electron chi connectivity index (χ0n) is 12.7. The predicted octanol–water partition coefficient (Wildman–Crippen LogP) is 2.34. The highest BCUT2D eigenvalue weighted by Crippen LogP contribution is 2.39. The van der Waals surface area contributed by atoms with Crippen molar-refractivity contribution in [3.8, 4) is 0 Å². The van der Waals surface area contributed by atoms with Crippen LogP contribution in [-0.2, 0) is 9.22 Å². The van der Waals surface area contributed by atoms with Gasteiger partial charge in [-0.05, 0) is 25.1 Å². The smallest absolute Gasteiger partial charge is 0.193 e. The van der Waals surface area contributed by atoms with Gasteiger partial charge in [0.1, 0.15) is 6.29 Å². The van der Waals surface area contributed by atoms with Crippen LogP contribution in [0.25, 0.3) is 0 Å². The molecule has 2 atom stereocenters. The Balaban J connectivity index is 3.08. The molecule has 0 amide bonds. The van der Waals surface area contributed by atoms with Gasteiger partial charge in [-0.15, -0.1) is 0 Å². The van der Waals surface area contributed by atoms with E-state index in [1.54, 1.807) is 6.21 Å². The van der Waals surface area contributed by atoms with Crippen LogP contribution in [0.1, 0.15) is 27.7 Å². The average Bonchev–Trinajstić information content (AvgIpc) is 2.29. The number of nitrogens with zero attached hydrogens (tertiary/aromatic N) is 1. The van der Waals surface area contributed by atoms with Crippen LogP contribution in [0, 0.1) is 0 Å². The fraction of sp³-hybridized carbons (Fsp3) is 0.714. The molecule has 19 heavy (non-hydrogen) atoms. The van der Waals surface area contributed by atoms with Crippen LogP contribution >= 0.6 is 0 Å². The van der Waals surface area contributed by atoms with Gasteiger partial charge in [-0.3, -0.25) is 9.79 Å². The first-order chi connectivity index (χ1) is 8.64. The minimum atomic E-state index is -1.98. The van der Waals surface area contributed by atoms with Gasteiger partial charge in [-0.1, -0.05) is 20.8 Å². The minimum Gasteiger partial charge on any atom is -0.408 e. The number of rotatable bonds is 4. The molecule has 0 saturated heterocycles. The Bertz CT molecular complexity index is 407. The summed E-state index contributed by atoms with van der Waals surface area (Å²) in [5, 5.41) is 9.37. The molecule has 1 rings (SSSR count). The van der Waals surface area contributed by atoms with E-state index < -0.39 is 8.32 Å². The fourth-order valence-electron chi connectivity index (χ4n) is 1.73. The van der Waals surface area contributed by atoms with Crippen LogP contribution in [0.3, 0.4) is 0 Å². The van der Waals surface area contributed by atoms with E-state index in [0.717, 1.165) is 6.29 Å². The molecule has 2 unspecified atom stereocenters. The number of aliphatic imine (C=N–C) groups is 1. The van der Waals surface area contributed by atoms with E-state index in [1.165, 1.54) is 0 Å². The van der Waals surface area contributed by atoms with Gasteiger partial charge in [0.25, 0.3) is 0 Å².